The maximum atomic E-state index is 12.3. The van der Waals surface area contributed by atoms with Gasteiger partial charge in [-0.3, -0.25) is 4.79 Å². The van der Waals surface area contributed by atoms with E-state index < -0.39 is 0 Å². The van der Waals surface area contributed by atoms with Crippen LogP contribution in [0.4, 0.5) is 0 Å². The Balaban J connectivity index is 1.53. The summed E-state index contributed by atoms with van der Waals surface area (Å²) in [4.78, 5) is 12.3. The molecule has 216 valence electrons. The summed E-state index contributed by atoms with van der Waals surface area (Å²) in [6.07, 6.45) is 14.9. The predicted octanol–water partition coefficient (Wildman–Crippen LogP) is 11.1. The lowest BCUT2D eigenvalue weighted by molar-refractivity contribution is -0.148. The van der Waals surface area contributed by atoms with E-state index in [2.05, 4.69) is 86.6 Å². The monoisotopic (exact) mass is 542 g/mol. The molecule has 3 rings (SSSR count). The van der Waals surface area contributed by atoms with Gasteiger partial charge < -0.3 is 9.47 Å². The topological polar surface area (TPSA) is 35.5 Å². The third-order valence-corrected chi connectivity index (χ3v) is 7.59. The minimum absolute atomic E-state index is 0.103. The van der Waals surface area contributed by atoms with Gasteiger partial charge in [0.2, 0.25) is 0 Å². The number of esters is 1. The second-order valence-corrected chi connectivity index (χ2v) is 11.0. The van der Waals surface area contributed by atoms with E-state index in [1.54, 1.807) is 0 Å². The smallest absolute Gasteiger partial charge is 0.306 e. The summed E-state index contributed by atoms with van der Waals surface area (Å²) in [5, 5.41) is 0. The molecule has 3 aromatic carbocycles. The predicted molar refractivity (Wildman–Crippen MR) is 169 cm³/mol. The standard InChI is InChI=1S/C37H50O3/c1-4-6-8-10-11-13-17-29-39-34-27-25-33(26-28-34)36-19-16-15-18-35(36)32-23-21-31(22-24-32)30(3)40-37(38)20-14-12-9-7-5-2/h15-16,18-19,21-28,30H,4-14,17,20,29H2,1-3H3. The number of unbranched alkanes of at least 4 members (excludes halogenated alkanes) is 10. The highest BCUT2D eigenvalue weighted by atomic mass is 16.5. The van der Waals surface area contributed by atoms with Gasteiger partial charge in [-0.2, -0.15) is 0 Å². The largest absolute Gasteiger partial charge is 0.494 e. The zero-order valence-corrected chi connectivity index (χ0v) is 25.1. The van der Waals surface area contributed by atoms with Gasteiger partial charge in [0.05, 0.1) is 6.61 Å². The SMILES string of the molecule is CCCCCCCCCOc1ccc(-c2ccccc2-c2ccc(C(C)OC(=O)CCCCCCC)cc2)cc1. The van der Waals surface area contributed by atoms with Crippen molar-refractivity contribution < 1.29 is 14.3 Å². The van der Waals surface area contributed by atoms with Crippen LogP contribution in [0.25, 0.3) is 22.3 Å². The zero-order chi connectivity index (χ0) is 28.4. The van der Waals surface area contributed by atoms with Crippen molar-refractivity contribution in [1.82, 2.24) is 0 Å². The molecule has 0 amide bonds. The van der Waals surface area contributed by atoms with Gasteiger partial charge in [-0.15, -0.1) is 0 Å². The lowest BCUT2D eigenvalue weighted by Crippen LogP contribution is -2.08. The number of benzene rings is 3. The van der Waals surface area contributed by atoms with Crippen LogP contribution in [0, 0.1) is 0 Å². The average Bonchev–Trinajstić information content (AvgIpc) is 2.99. The van der Waals surface area contributed by atoms with Crippen molar-refractivity contribution >= 4 is 5.97 Å². The third-order valence-electron chi connectivity index (χ3n) is 7.59. The Hall–Kier alpha value is -3.07. The van der Waals surface area contributed by atoms with E-state index in [-0.39, 0.29) is 12.1 Å². The van der Waals surface area contributed by atoms with Crippen LogP contribution in [0.1, 0.15) is 116 Å². The zero-order valence-electron chi connectivity index (χ0n) is 25.1. The molecule has 40 heavy (non-hydrogen) atoms. The van der Waals surface area contributed by atoms with Crippen LogP contribution in [-0.2, 0) is 9.53 Å². The van der Waals surface area contributed by atoms with Crippen molar-refractivity contribution in [3.8, 4) is 28.0 Å². The van der Waals surface area contributed by atoms with Crippen LogP contribution < -0.4 is 4.74 Å². The Kier molecular flexibility index (Phi) is 14.4. The van der Waals surface area contributed by atoms with Gasteiger partial charge in [0.1, 0.15) is 11.9 Å². The van der Waals surface area contributed by atoms with Gasteiger partial charge in [-0.1, -0.05) is 139 Å². The first-order valence-electron chi connectivity index (χ1n) is 15.7. The molecule has 3 heteroatoms. The molecular formula is C37H50O3. The van der Waals surface area contributed by atoms with E-state index >= 15 is 0 Å². The van der Waals surface area contributed by atoms with Crippen molar-refractivity contribution in [3.63, 3.8) is 0 Å². The summed E-state index contributed by atoms with van der Waals surface area (Å²) in [5.41, 5.74) is 5.71. The van der Waals surface area contributed by atoms with Gasteiger partial charge >= 0.3 is 5.97 Å². The number of carbonyl (C=O) groups excluding carboxylic acids is 1. The molecule has 0 spiro atoms. The third kappa shape index (κ3) is 10.8. The molecule has 1 unspecified atom stereocenters. The highest BCUT2D eigenvalue weighted by molar-refractivity contribution is 5.83. The molecule has 0 aliphatic rings. The number of carbonyl (C=O) groups is 1. The highest BCUT2D eigenvalue weighted by Crippen LogP contribution is 2.33. The molecule has 0 N–H and O–H groups in total. The van der Waals surface area contributed by atoms with Gasteiger partial charge in [0.25, 0.3) is 0 Å². The van der Waals surface area contributed by atoms with Gasteiger partial charge in [0.15, 0.2) is 0 Å². The molecule has 0 aliphatic heterocycles. The highest BCUT2D eigenvalue weighted by Gasteiger charge is 2.13. The summed E-state index contributed by atoms with van der Waals surface area (Å²) < 4.78 is 11.7. The molecule has 1 atom stereocenters. The number of ether oxygens (including phenoxy) is 2. The summed E-state index contributed by atoms with van der Waals surface area (Å²) in [5.74, 6) is 0.828. The van der Waals surface area contributed by atoms with Crippen LogP contribution in [0.5, 0.6) is 5.75 Å². The quantitative estimate of drug-likeness (QED) is 0.112. The molecule has 0 saturated carbocycles. The lowest BCUT2D eigenvalue weighted by Gasteiger charge is -2.15. The Labute approximate surface area is 243 Å². The van der Waals surface area contributed by atoms with E-state index in [9.17, 15) is 4.79 Å². The Morgan fingerprint density at radius 2 is 1.12 bits per heavy atom. The normalized spacial score (nSPS) is 11.8. The molecule has 3 nitrogen and oxygen atoms in total. The molecule has 3 aromatic rings. The second-order valence-electron chi connectivity index (χ2n) is 11.0. The summed E-state index contributed by atoms with van der Waals surface area (Å²) >= 11 is 0. The van der Waals surface area contributed by atoms with E-state index in [0.717, 1.165) is 42.7 Å². The first-order chi connectivity index (χ1) is 19.6. The average molecular weight is 543 g/mol. The van der Waals surface area contributed by atoms with Crippen molar-refractivity contribution in [3.05, 3.63) is 78.4 Å². The van der Waals surface area contributed by atoms with E-state index in [1.807, 2.05) is 6.92 Å². The Morgan fingerprint density at radius 3 is 1.70 bits per heavy atom. The molecule has 0 heterocycles. The van der Waals surface area contributed by atoms with Gasteiger partial charge in [-0.25, -0.2) is 0 Å². The first-order valence-corrected chi connectivity index (χ1v) is 15.7. The Bertz CT molecular complexity index is 1100. The molecule has 0 aromatic heterocycles. The minimum Gasteiger partial charge on any atom is -0.494 e. The number of rotatable bonds is 19. The van der Waals surface area contributed by atoms with Crippen LogP contribution in [0.15, 0.2) is 72.8 Å². The van der Waals surface area contributed by atoms with Crippen molar-refractivity contribution in [2.75, 3.05) is 6.61 Å². The fraction of sp³-hybridized carbons (Fsp3) is 0.486. The van der Waals surface area contributed by atoms with Crippen LogP contribution in [-0.4, -0.2) is 12.6 Å². The molecule has 0 radical (unpaired) electrons. The fourth-order valence-electron chi connectivity index (χ4n) is 5.10. The summed E-state index contributed by atoms with van der Waals surface area (Å²) in [6.45, 7) is 7.19. The van der Waals surface area contributed by atoms with Crippen molar-refractivity contribution in [1.29, 1.82) is 0 Å². The summed E-state index contributed by atoms with van der Waals surface area (Å²) in [6, 6.07) is 25.4. The van der Waals surface area contributed by atoms with Crippen LogP contribution in [0.3, 0.4) is 0 Å². The molecule has 0 aliphatic carbocycles. The van der Waals surface area contributed by atoms with E-state index in [1.165, 1.54) is 74.5 Å². The van der Waals surface area contributed by atoms with Gasteiger partial charge in [0, 0.05) is 6.42 Å². The number of hydrogen-bond donors (Lipinski definition) is 0. The summed E-state index contributed by atoms with van der Waals surface area (Å²) in [7, 11) is 0. The van der Waals surface area contributed by atoms with Gasteiger partial charge in [-0.05, 0) is 59.7 Å². The molecule has 0 saturated heterocycles. The Morgan fingerprint density at radius 1 is 0.625 bits per heavy atom. The van der Waals surface area contributed by atoms with Crippen molar-refractivity contribution in [2.24, 2.45) is 0 Å². The maximum Gasteiger partial charge on any atom is 0.306 e. The van der Waals surface area contributed by atoms with Crippen LogP contribution >= 0.6 is 0 Å². The maximum absolute atomic E-state index is 12.3. The molecule has 0 bridgehead atoms. The lowest BCUT2D eigenvalue weighted by atomic mass is 9.93. The van der Waals surface area contributed by atoms with Crippen LogP contribution in [0.2, 0.25) is 0 Å². The van der Waals surface area contributed by atoms with Crippen molar-refractivity contribution in [2.45, 2.75) is 110 Å². The van der Waals surface area contributed by atoms with E-state index in [4.69, 9.17) is 9.47 Å². The molecular weight excluding hydrogens is 492 g/mol. The van der Waals surface area contributed by atoms with E-state index in [0.29, 0.717) is 6.42 Å². The molecule has 0 fully saturated rings. The second kappa shape index (κ2) is 18.3. The first kappa shape index (κ1) is 31.5. The number of hydrogen-bond acceptors (Lipinski definition) is 3. The minimum atomic E-state index is -0.249. The fourth-order valence-corrected chi connectivity index (χ4v) is 5.10.